The number of phenolic OH excluding ortho intramolecular Hbond substituents is 1. The summed E-state index contributed by atoms with van der Waals surface area (Å²) < 4.78 is 5.21. The second-order valence-corrected chi connectivity index (χ2v) is 2.94. The topological polar surface area (TPSA) is 75.7 Å². The van der Waals surface area contributed by atoms with Crippen molar-refractivity contribution in [2.75, 3.05) is 13.2 Å². The van der Waals surface area contributed by atoms with E-state index >= 15 is 0 Å². The first-order chi connectivity index (χ1) is 6.67. The van der Waals surface area contributed by atoms with Gasteiger partial charge in [-0.2, -0.15) is 0 Å². The predicted molar refractivity (Wildman–Crippen MR) is 53.3 cm³/mol. The Hall–Kier alpha value is -1.26. The highest BCUT2D eigenvalue weighted by Gasteiger charge is 2.08. The van der Waals surface area contributed by atoms with Gasteiger partial charge in [0.25, 0.3) is 0 Å². The standard InChI is InChI=1S/C10H15NO3/c1-2-14-9-4-7(10(13)6-11)3-8(12)5-9/h3-5,10,12-13H,2,6,11H2,1H3. The smallest absolute Gasteiger partial charge is 0.123 e. The molecule has 0 aliphatic heterocycles. The van der Waals surface area contributed by atoms with Crippen LogP contribution in [0.1, 0.15) is 18.6 Å². The lowest BCUT2D eigenvalue weighted by atomic mass is 10.1. The fourth-order valence-corrected chi connectivity index (χ4v) is 1.18. The van der Waals surface area contributed by atoms with Crippen molar-refractivity contribution in [2.45, 2.75) is 13.0 Å². The van der Waals surface area contributed by atoms with Gasteiger partial charge in [0.1, 0.15) is 11.5 Å². The van der Waals surface area contributed by atoms with Crippen molar-refractivity contribution in [1.29, 1.82) is 0 Å². The minimum absolute atomic E-state index is 0.0680. The zero-order valence-electron chi connectivity index (χ0n) is 8.10. The van der Waals surface area contributed by atoms with Crippen LogP contribution in [0.5, 0.6) is 11.5 Å². The summed E-state index contributed by atoms with van der Waals surface area (Å²) in [5.74, 6) is 0.605. The van der Waals surface area contributed by atoms with Crippen molar-refractivity contribution in [3.8, 4) is 11.5 Å². The largest absolute Gasteiger partial charge is 0.508 e. The van der Waals surface area contributed by atoms with Crippen LogP contribution in [0.25, 0.3) is 0 Å². The number of hydrogen-bond donors (Lipinski definition) is 3. The summed E-state index contributed by atoms with van der Waals surface area (Å²) in [6.07, 6.45) is -0.763. The molecule has 1 unspecified atom stereocenters. The molecule has 0 spiro atoms. The highest BCUT2D eigenvalue weighted by atomic mass is 16.5. The lowest BCUT2D eigenvalue weighted by Crippen LogP contribution is -2.11. The quantitative estimate of drug-likeness (QED) is 0.666. The van der Waals surface area contributed by atoms with Gasteiger partial charge in [-0.05, 0) is 24.6 Å². The fraction of sp³-hybridized carbons (Fsp3) is 0.400. The summed E-state index contributed by atoms with van der Waals surface area (Å²) in [5.41, 5.74) is 5.87. The van der Waals surface area contributed by atoms with Gasteiger partial charge >= 0.3 is 0 Å². The van der Waals surface area contributed by atoms with Crippen LogP contribution in [-0.4, -0.2) is 23.4 Å². The first kappa shape index (κ1) is 10.8. The van der Waals surface area contributed by atoms with E-state index in [9.17, 15) is 10.2 Å². The SMILES string of the molecule is CCOc1cc(O)cc(C(O)CN)c1. The van der Waals surface area contributed by atoms with Crippen molar-refractivity contribution >= 4 is 0 Å². The number of aromatic hydroxyl groups is 1. The monoisotopic (exact) mass is 197 g/mol. The Labute approximate surface area is 82.9 Å². The van der Waals surface area contributed by atoms with Gasteiger partial charge in [0.15, 0.2) is 0 Å². The molecule has 0 saturated heterocycles. The number of aliphatic hydroxyl groups excluding tert-OH is 1. The van der Waals surface area contributed by atoms with Crippen LogP contribution in [0.3, 0.4) is 0 Å². The summed E-state index contributed by atoms with van der Waals surface area (Å²) in [4.78, 5) is 0. The first-order valence-electron chi connectivity index (χ1n) is 4.52. The highest BCUT2D eigenvalue weighted by molar-refractivity contribution is 5.38. The lowest BCUT2D eigenvalue weighted by molar-refractivity contribution is 0.185. The molecule has 0 aliphatic carbocycles. The van der Waals surface area contributed by atoms with Crippen molar-refractivity contribution in [2.24, 2.45) is 5.73 Å². The zero-order valence-corrected chi connectivity index (χ0v) is 8.10. The Kier molecular flexibility index (Phi) is 3.73. The summed E-state index contributed by atoms with van der Waals surface area (Å²) >= 11 is 0. The van der Waals surface area contributed by atoms with E-state index in [1.54, 1.807) is 6.07 Å². The molecule has 4 heteroatoms. The molecule has 0 amide bonds. The van der Waals surface area contributed by atoms with E-state index in [4.69, 9.17) is 10.5 Å². The third-order valence-electron chi connectivity index (χ3n) is 1.83. The molecule has 0 heterocycles. The zero-order chi connectivity index (χ0) is 10.6. The summed E-state index contributed by atoms with van der Waals surface area (Å²) in [5, 5.41) is 18.8. The second-order valence-electron chi connectivity index (χ2n) is 2.94. The van der Waals surface area contributed by atoms with E-state index in [2.05, 4.69) is 0 Å². The lowest BCUT2D eigenvalue weighted by Gasteiger charge is -2.11. The van der Waals surface area contributed by atoms with Gasteiger partial charge in [0, 0.05) is 12.6 Å². The van der Waals surface area contributed by atoms with E-state index in [1.807, 2.05) is 6.92 Å². The first-order valence-corrected chi connectivity index (χ1v) is 4.52. The minimum atomic E-state index is -0.763. The third-order valence-corrected chi connectivity index (χ3v) is 1.83. The van der Waals surface area contributed by atoms with Gasteiger partial charge in [0.2, 0.25) is 0 Å². The molecule has 1 atom stereocenters. The van der Waals surface area contributed by atoms with Gasteiger partial charge in [-0.1, -0.05) is 0 Å². The van der Waals surface area contributed by atoms with E-state index in [0.29, 0.717) is 17.9 Å². The van der Waals surface area contributed by atoms with Gasteiger partial charge in [-0.25, -0.2) is 0 Å². The molecule has 0 radical (unpaired) electrons. The molecule has 14 heavy (non-hydrogen) atoms. The molecular formula is C10H15NO3. The van der Waals surface area contributed by atoms with Crippen molar-refractivity contribution < 1.29 is 14.9 Å². The molecule has 78 valence electrons. The molecule has 4 nitrogen and oxygen atoms in total. The number of hydrogen-bond acceptors (Lipinski definition) is 4. The van der Waals surface area contributed by atoms with Crippen LogP contribution in [0, 0.1) is 0 Å². The van der Waals surface area contributed by atoms with E-state index < -0.39 is 6.10 Å². The van der Waals surface area contributed by atoms with E-state index in [0.717, 1.165) is 0 Å². The molecule has 1 aromatic rings. The Morgan fingerprint density at radius 1 is 1.43 bits per heavy atom. The van der Waals surface area contributed by atoms with E-state index in [1.165, 1.54) is 12.1 Å². The average Bonchev–Trinajstić information content (AvgIpc) is 2.16. The minimum Gasteiger partial charge on any atom is -0.508 e. The Balaban J connectivity index is 2.94. The highest BCUT2D eigenvalue weighted by Crippen LogP contribution is 2.25. The predicted octanol–water partition coefficient (Wildman–Crippen LogP) is 0.783. The summed E-state index contributed by atoms with van der Waals surface area (Å²) in [6, 6.07) is 4.64. The van der Waals surface area contributed by atoms with Crippen LogP contribution in [-0.2, 0) is 0 Å². The van der Waals surface area contributed by atoms with Gasteiger partial charge in [-0.3, -0.25) is 0 Å². The van der Waals surface area contributed by atoms with Gasteiger partial charge in [0.05, 0.1) is 12.7 Å². The normalized spacial score (nSPS) is 12.5. The fourth-order valence-electron chi connectivity index (χ4n) is 1.18. The number of nitrogens with two attached hydrogens (primary N) is 1. The Bertz CT molecular complexity index is 301. The van der Waals surface area contributed by atoms with Crippen LogP contribution >= 0.6 is 0 Å². The molecular weight excluding hydrogens is 182 g/mol. The molecule has 0 bridgehead atoms. The molecule has 0 saturated carbocycles. The maximum absolute atomic E-state index is 9.45. The van der Waals surface area contributed by atoms with Crippen molar-refractivity contribution in [3.05, 3.63) is 23.8 Å². The van der Waals surface area contributed by atoms with Crippen LogP contribution in [0.4, 0.5) is 0 Å². The maximum Gasteiger partial charge on any atom is 0.123 e. The molecule has 0 aliphatic rings. The Morgan fingerprint density at radius 3 is 2.71 bits per heavy atom. The summed E-state index contributed by atoms with van der Waals surface area (Å²) in [6.45, 7) is 2.49. The Morgan fingerprint density at radius 2 is 2.14 bits per heavy atom. The number of rotatable bonds is 4. The van der Waals surface area contributed by atoms with Gasteiger partial charge in [-0.15, -0.1) is 0 Å². The van der Waals surface area contributed by atoms with Crippen LogP contribution in [0.2, 0.25) is 0 Å². The number of benzene rings is 1. The average molecular weight is 197 g/mol. The van der Waals surface area contributed by atoms with Crippen molar-refractivity contribution in [3.63, 3.8) is 0 Å². The molecule has 1 aromatic carbocycles. The number of ether oxygens (including phenoxy) is 1. The van der Waals surface area contributed by atoms with Crippen LogP contribution in [0.15, 0.2) is 18.2 Å². The molecule has 1 rings (SSSR count). The maximum atomic E-state index is 9.45. The number of phenols is 1. The van der Waals surface area contributed by atoms with Gasteiger partial charge < -0.3 is 20.7 Å². The summed E-state index contributed by atoms with van der Waals surface area (Å²) in [7, 11) is 0. The molecule has 4 N–H and O–H groups in total. The van der Waals surface area contributed by atoms with E-state index in [-0.39, 0.29) is 12.3 Å². The molecule has 0 fully saturated rings. The number of aliphatic hydroxyl groups is 1. The van der Waals surface area contributed by atoms with Crippen LogP contribution < -0.4 is 10.5 Å². The van der Waals surface area contributed by atoms with Crippen molar-refractivity contribution in [1.82, 2.24) is 0 Å². The third kappa shape index (κ3) is 2.61. The molecule has 0 aromatic heterocycles. The second kappa shape index (κ2) is 4.83.